The second kappa shape index (κ2) is 6.37. The molecule has 0 aromatic carbocycles. The smallest absolute Gasteiger partial charge is 0.353 e. The van der Waals surface area contributed by atoms with Gasteiger partial charge < -0.3 is 19.9 Å². The van der Waals surface area contributed by atoms with E-state index in [2.05, 4.69) is 16.1 Å². The van der Waals surface area contributed by atoms with Gasteiger partial charge in [0, 0.05) is 19.7 Å². The van der Waals surface area contributed by atoms with Crippen LogP contribution >= 0.6 is 7.60 Å². The number of allylic oxidation sites excluding steroid dienone is 1. The highest BCUT2D eigenvalue weighted by molar-refractivity contribution is 7.52. The number of anilines is 1. The summed E-state index contributed by atoms with van der Waals surface area (Å²) in [5.74, 6) is -0.654. The molecule has 1 aromatic rings. The van der Waals surface area contributed by atoms with E-state index in [0.29, 0.717) is 0 Å². The largest absolute Gasteiger partial charge is 0.383 e. The van der Waals surface area contributed by atoms with E-state index in [0.717, 1.165) is 7.11 Å². The van der Waals surface area contributed by atoms with Gasteiger partial charge in [0.1, 0.15) is 23.6 Å². The third-order valence-electron chi connectivity index (χ3n) is 3.56. The van der Waals surface area contributed by atoms with Gasteiger partial charge in [0.25, 0.3) is 0 Å². The highest BCUT2D eigenvalue weighted by atomic mass is 31.2. The van der Waals surface area contributed by atoms with Gasteiger partial charge in [-0.2, -0.15) is 4.98 Å². The molecule has 23 heavy (non-hydrogen) atoms. The second-order valence-corrected chi connectivity index (χ2v) is 6.91. The van der Waals surface area contributed by atoms with Gasteiger partial charge in [-0.25, -0.2) is 9.18 Å². The molecular formula is C13H17FN3O5P. The van der Waals surface area contributed by atoms with Crippen LogP contribution in [0.4, 0.5) is 10.2 Å². The summed E-state index contributed by atoms with van der Waals surface area (Å²) >= 11 is 0. The molecule has 0 bridgehead atoms. The van der Waals surface area contributed by atoms with E-state index in [4.69, 9.17) is 10.5 Å². The van der Waals surface area contributed by atoms with Crippen molar-refractivity contribution in [2.45, 2.75) is 18.1 Å². The summed E-state index contributed by atoms with van der Waals surface area (Å²) < 4.78 is 36.7. The van der Waals surface area contributed by atoms with Crippen LogP contribution in [0.25, 0.3) is 0 Å². The van der Waals surface area contributed by atoms with E-state index in [9.17, 15) is 18.6 Å². The molecule has 0 aliphatic heterocycles. The summed E-state index contributed by atoms with van der Waals surface area (Å²) in [7, 11) is -2.93. The van der Waals surface area contributed by atoms with Crippen LogP contribution < -0.4 is 11.4 Å². The zero-order chi connectivity index (χ0) is 17.3. The lowest BCUT2D eigenvalue weighted by molar-refractivity contribution is 0.0195. The van der Waals surface area contributed by atoms with Crippen molar-refractivity contribution >= 4 is 13.4 Å². The maximum Gasteiger partial charge on any atom is 0.353 e. The summed E-state index contributed by atoms with van der Waals surface area (Å²) in [6.45, 7) is 3.52. The molecule has 0 saturated carbocycles. The summed E-state index contributed by atoms with van der Waals surface area (Å²) in [6, 6.07) is 0.726. The number of hydrogen-bond donors (Lipinski definition) is 2. The van der Waals surface area contributed by atoms with E-state index in [1.807, 2.05) is 0 Å². The van der Waals surface area contributed by atoms with Gasteiger partial charge in [-0.05, 0) is 12.1 Å². The first kappa shape index (κ1) is 17.6. The van der Waals surface area contributed by atoms with Crippen molar-refractivity contribution in [1.29, 1.82) is 0 Å². The molecule has 10 heteroatoms. The zero-order valence-electron chi connectivity index (χ0n) is 12.4. The van der Waals surface area contributed by atoms with Gasteiger partial charge in [-0.15, -0.1) is 0 Å². The van der Waals surface area contributed by atoms with Crippen LogP contribution in [-0.4, -0.2) is 33.5 Å². The van der Waals surface area contributed by atoms with Crippen molar-refractivity contribution in [1.82, 2.24) is 9.55 Å². The second-order valence-electron chi connectivity index (χ2n) is 5.02. The van der Waals surface area contributed by atoms with Crippen LogP contribution in [0.2, 0.25) is 0 Å². The molecule has 3 atom stereocenters. The molecule has 3 N–H and O–H groups in total. The Hall–Kier alpha value is -1.80. The van der Waals surface area contributed by atoms with Gasteiger partial charge >= 0.3 is 13.3 Å². The Morgan fingerprint density at radius 1 is 1.74 bits per heavy atom. The van der Waals surface area contributed by atoms with E-state index in [1.165, 1.54) is 29.0 Å². The molecule has 1 aliphatic rings. The fourth-order valence-electron chi connectivity index (χ4n) is 2.25. The molecule has 1 heterocycles. The zero-order valence-corrected chi connectivity index (χ0v) is 13.3. The van der Waals surface area contributed by atoms with Crippen LogP contribution in [-0.2, 0) is 13.8 Å². The number of ether oxygens (including phenoxy) is 1. The third kappa shape index (κ3) is 3.59. The Kier molecular flexibility index (Phi) is 4.86. The van der Waals surface area contributed by atoms with Crippen molar-refractivity contribution in [3.05, 3.63) is 47.3 Å². The first-order valence-corrected chi connectivity index (χ1v) is 8.37. The van der Waals surface area contributed by atoms with Crippen molar-refractivity contribution in [2.75, 3.05) is 19.2 Å². The molecule has 126 valence electrons. The first-order valence-electron chi connectivity index (χ1n) is 6.60. The predicted molar refractivity (Wildman–Crippen MR) is 81.5 cm³/mol. The Morgan fingerprint density at radius 3 is 3.00 bits per heavy atom. The average Bonchev–Trinajstić information content (AvgIpc) is 2.82. The van der Waals surface area contributed by atoms with Crippen molar-refractivity contribution in [2.24, 2.45) is 0 Å². The maximum atomic E-state index is 14.4. The average molecular weight is 345 g/mol. The molecule has 0 radical (unpaired) electrons. The molecule has 1 aliphatic carbocycles. The Bertz CT molecular complexity index is 749. The molecular weight excluding hydrogens is 328 g/mol. The van der Waals surface area contributed by atoms with Crippen LogP contribution in [0.3, 0.4) is 0 Å². The lowest BCUT2D eigenvalue weighted by Crippen LogP contribution is -2.32. The molecule has 0 saturated heterocycles. The summed E-state index contributed by atoms with van der Waals surface area (Å²) in [6.07, 6.45) is 3.03. The fourth-order valence-corrected chi connectivity index (χ4v) is 2.75. The first-order chi connectivity index (χ1) is 10.7. The van der Waals surface area contributed by atoms with Crippen LogP contribution in [0.1, 0.15) is 12.5 Å². The minimum absolute atomic E-state index is 0.0163. The number of hydrogen-bond acceptors (Lipinski definition) is 6. The van der Waals surface area contributed by atoms with Gasteiger partial charge in [0.15, 0.2) is 0 Å². The quantitative estimate of drug-likeness (QED) is 0.590. The van der Waals surface area contributed by atoms with Gasteiger partial charge in [-0.3, -0.25) is 9.13 Å². The lowest BCUT2D eigenvalue weighted by atomic mass is 10.0. The van der Waals surface area contributed by atoms with E-state index in [1.54, 1.807) is 0 Å². The molecule has 1 aromatic heterocycles. The van der Waals surface area contributed by atoms with Gasteiger partial charge in [0.05, 0.1) is 6.04 Å². The summed E-state index contributed by atoms with van der Waals surface area (Å²) in [4.78, 5) is 24.8. The van der Waals surface area contributed by atoms with E-state index >= 15 is 0 Å². The van der Waals surface area contributed by atoms with Gasteiger partial charge in [-0.1, -0.05) is 12.7 Å². The Balaban J connectivity index is 2.26. The summed E-state index contributed by atoms with van der Waals surface area (Å²) in [5.41, 5.74) is 3.17. The third-order valence-corrected chi connectivity index (χ3v) is 4.59. The minimum atomic E-state index is -3.98. The normalized spacial score (nSPS) is 26.6. The molecule has 8 nitrogen and oxygen atoms in total. The molecule has 1 unspecified atom stereocenters. The Morgan fingerprint density at radius 2 is 2.43 bits per heavy atom. The van der Waals surface area contributed by atoms with Gasteiger partial charge in [0.2, 0.25) is 0 Å². The number of aromatic nitrogens is 2. The molecule has 0 spiro atoms. The van der Waals surface area contributed by atoms with Crippen LogP contribution in [0.15, 0.2) is 41.6 Å². The highest BCUT2D eigenvalue weighted by Crippen LogP contribution is 2.47. The minimum Gasteiger partial charge on any atom is -0.383 e. The van der Waals surface area contributed by atoms with Crippen molar-refractivity contribution in [3.8, 4) is 0 Å². The fraction of sp³-hybridized carbons (Fsp3) is 0.385. The van der Waals surface area contributed by atoms with Crippen molar-refractivity contribution < 1.29 is 23.1 Å². The van der Waals surface area contributed by atoms with E-state index < -0.39 is 37.1 Å². The molecule has 0 fully saturated rings. The van der Waals surface area contributed by atoms with Crippen LogP contribution in [0, 0.1) is 0 Å². The van der Waals surface area contributed by atoms with Crippen LogP contribution in [0.5, 0.6) is 0 Å². The topological polar surface area (TPSA) is 117 Å². The lowest BCUT2D eigenvalue weighted by Gasteiger charge is -2.27. The predicted octanol–water partition coefficient (Wildman–Crippen LogP) is 1.35. The number of rotatable bonds is 6. The highest BCUT2D eigenvalue weighted by Gasteiger charge is 2.43. The number of nitrogens with zero attached hydrogens (tertiary/aromatic N) is 2. The number of nitrogen functional groups attached to an aromatic ring is 1. The number of nitrogens with two attached hydrogens (primary N) is 1. The maximum absolute atomic E-state index is 14.4. The molecule has 2 rings (SSSR count). The van der Waals surface area contributed by atoms with Crippen molar-refractivity contribution in [3.63, 3.8) is 0 Å². The van der Waals surface area contributed by atoms with E-state index in [-0.39, 0.29) is 12.2 Å². The monoisotopic (exact) mass is 345 g/mol. The Labute approximate surface area is 131 Å². The standard InChI is InChI=1S/C13H17FN3O5P/c1-3-13(22-8-23(19,20)21-2)7-9(6-10(13)14)17-5-4-11(15)16-12(17)18/h3-6,9H,1,7-8H2,2H3,(H,19,20)(H2,15,16,18)/t9-,13-/m1/s1. The molecule has 0 amide bonds. The SMILES string of the molecule is C=C[C@@]1(OCP(=O)(O)OC)C[C@H](n2ccc(N)nc2=O)C=C1F. The number of halogens is 1. The summed E-state index contributed by atoms with van der Waals surface area (Å²) in [5, 5.41) is 0.